The summed E-state index contributed by atoms with van der Waals surface area (Å²) in [5.41, 5.74) is 0.994. The maximum atomic E-state index is 11.3. The largest absolute Gasteiger partial charge is 0.618 e. The van der Waals surface area contributed by atoms with Crippen molar-refractivity contribution < 1.29 is 14.3 Å². The van der Waals surface area contributed by atoms with Gasteiger partial charge in [-0.1, -0.05) is 0 Å². The van der Waals surface area contributed by atoms with Crippen molar-refractivity contribution in [1.29, 1.82) is 0 Å². The van der Waals surface area contributed by atoms with Crippen LogP contribution in [-0.2, 0) is 0 Å². The molecule has 0 saturated heterocycles. The van der Waals surface area contributed by atoms with Crippen molar-refractivity contribution in [2.24, 2.45) is 0 Å². The Morgan fingerprint density at radius 2 is 1.80 bits per heavy atom. The van der Waals surface area contributed by atoms with Crippen LogP contribution in [0.4, 0.5) is 4.79 Å². The van der Waals surface area contributed by atoms with Gasteiger partial charge in [0.15, 0.2) is 11.4 Å². The second kappa shape index (κ2) is 4.16. The number of carbonyl (C=O) groups excluding carboxylic acids is 1. The Kier molecular flexibility index (Phi) is 3.14. The fraction of sp³-hybridized carbons (Fsp3) is 0.400. The monoisotopic (exact) mass is 210 g/mol. The maximum Gasteiger partial charge on any atom is 0.414 e. The summed E-state index contributed by atoms with van der Waals surface area (Å²) >= 11 is 0. The normalized spacial score (nSPS) is 9.87. The fourth-order valence-electron chi connectivity index (χ4n) is 1.10. The second-order valence-electron chi connectivity index (χ2n) is 3.53. The zero-order valence-electron chi connectivity index (χ0n) is 9.27. The van der Waals surface area contributed by atoms with Crippen molar-refractivity contribution in [1.82, 2.24) is 4.90 Å². The van der Waals surface area contributed by atoms with E-state index >= 15 is 0 Å². The van der Waals surface area contributed by atoms with Gasteiger partial charge in [0.1, 0.15) is 5.75 Å². The third-order valence-corrected chi connectivity index (χ3v) is 1.91. The van der Waals surface area contributed by atoms with Crippen LogP contribution in [0.1, 0.15) is 11.4 Å². The molecule has 1 amide bonds. The number of rotatable bonds is 1. The van der Waals surface area contributed by atoms with Gasteiger partial charge in [0, 0.05) is 40.1 Å². The first-order valence-electron chi connectivity index (χ1n) is 4.51. The number of ether oxygens (including phenoxy) is 1. The first kappa shape index (κ1) is 11.3. The predicted molar refractivity (Wildman–Crippen MR) is 54.6 cm³/mol. The van der Waals surface area contributed by atoms with Crippen LogP contribution in [0.2, 0.25) is 0 Å². The molecule has 1 rings (SSSR count). The lowest BCUT2D eigenvalue weighted by molar-refractivity contribution is -0.619. The van der Waals surface area contributed by atoms with Gasteiger partial charge in [0.05, 0.1) is 0 Å². The highest BCUT2D eigenvalue weighted by Crippen LogP contribution is 2.12. The molecular formula is C10H14N2O3. The SMILES string of the molecule is Cc1cc(OC(=O)N(C)C)cc(C)[n+]1[O-]. The van der Waals surface area contributed by atoms with Crippen molar-refractivity contribution in [3.63, 3.8) is 0 Å². The summed E-state index contributed by atoms with van der Waals surface area (Å²) in [5, 5.41) is 11.3. The summed E-state index contributed by atoms with van der Waals surface area (Å²) in [6.07, 6.45) is -0.461. The molecule has 0 aromatic carbocycles. The molecule has 0 aliphatic rings. The number of aromatic nitrogens is 1. The van der Waals surface area contributed by atoms with E-state index in [1.807, 2.05) is 0 Å². The van der Waals surface area contributed by atoms with E-state index in [4.69, 9.17) is 4.74 Å². The Bertz CT molecular complexity index is 365. The Morgan fingerprint density at radius 1 is 1.33 bits per heavy atom. The van der Waals surface area contributed by atoms with Gasteiger partial charge in [0.2, 0.25) is 0 Å². The summed E-state index contributed by atoms with van der Waals surface area (Å²) in [6.45, 7) is 3.32. The van der Waals surface area contributed by atoms with Crippen molar-refractivity contribution in [2.75, 3.05) is 14.1 Å². The Labute approximate surface area is 88.5 Å². The average molecular weight is 210 g/mol. The summed E-state index contributed by atoms with van der Waals surface area (Å²) in [5.74, 6) is 0.385. The fourth-order valence-corrected chi connectivity index (χ4v) is 1.10. The molecule has 0 aliphatic heterocycles. The molecule has 5 nitrogen and oxygen atoms in total. The molecule has 0 spiro atoms. The average Bonchev–Trinajstić information content (AvgIpc) is 2.13. The minimum atomic E-state index is -0.461. The van der Waals surface area contributed by atoms with Crippen LogP contribution in [0.25, 0.3) is 0 Å². The first-order chi connectivity index (χ1) is 6.91. The topological polar surface area (TPSA) is 56.5 Å². The standard InChI is InChI=1S/C10H14N2O3/c1-7-5-9(6-8(2)12(7)14)15-10(13)11(3)4/h5-6H,1-4H3. The molecule has 82 valence electrons. The third kappa shape index (κ3) is 2.59. The molecule has 15 heavy (non-hydrogen) atoms. The number of amides is 1. The highest BCUT2D eigenvalue weighted by molar-refractivity contribution is 5.69. The molecule has 0 fully saturated rings. The lowest BCUT2D eigenvalue weighted by Gasteiger charge is -2.11. The number of carbonyl (C=O) groups is 1. The number of hydrogen-bond donors (Lipinski definition) is 0. The molecule has 0 atom stereocenters. The lowest BCUT2D eigenvalue weighted by atomic mass is 10.3. The van der Waals surface area contributed by atoms with E-state index in [2.05, 4.69) is 0 Å². The number of hydrogen-bond acceptors (Lipinski definition) is 3. The number of pyridine rings is 1. The van der Waals surface area contributed by atoms with Gasteiger partial charge < -0.3 is 14.8 Å². The Balaban J connectivity index is 2.93. The smallest absolute Gasteiger partial charge is 0.414 e. The van der Waals surface area contributed by atoms with E-state index < -0.39 is 6.09 Å². The molecule has 0 saturated carbocycles. The van der Waals surface area contributed by atoms with E-state index in [-0.39, 0.29) is 0 Å². The summed E-state index contributed by atoms with van der Waals surface area (Å²) in [6, 6.07) is 3.06. The first-order valence-corrected chi connectivity index (χ1v) is 4.51. The summed E-state index contributed by atoms with van der Waals surface area (Å²) in [4.78, 5) is 12.6. The minimum Gasteiger partial charge on any atom is -0.618 e. The summed E-state index contributed by atoms with van der Waals surface area (Å²) < 4.78 is 5.81. The maximum absolute atomic E-state index is 11.3. The second-order valence-corrected chi connectivity index (χ2v) is 3.53. The molecule has 0 bridgehead atoms. The van der Waals surface area contributed by atoms with Crippen LogP contribution in [0, 0.1) is 19.1 Å². The third-order valence-electron chi connectivity index (χ3n) is 1.91. The van der Waals surface area contributed by atoms with Crippen LogP contribution in [0.5, 0.6) is 5.75 Å². The van der Waals surface area contributed by atoms with Crippen LogP contribution in [0.3, 0.4) is 0 Å². The van der Waals surface area contributed by atoms with Crippen LogP contribution in [-0.4, -0.2) is 25.1 Å². The molecular weight excluding hydrogens is 196 g/mol. The van der Waals surface area contributed by atoms with E-state index in [0.717, 1.165) is 4.73 Å². The van der Waals surface area contributed by atoms with Crippen LogP contribution >= 0.6 is 0 Å². The van der Waals surface area contributed by atoms with Crippen molar-refractivity contribution in [3.8, 4) is 5.75 Å². The molecule has 1 aromatic heterocycles. The molecule has 0 aliphatic carbocycles. The molecule has 0 radical (unpaired) electrons. The lowest BCUT2D eigenvalue weighted by Crippen LogP contribution is -2.34. The number of aryl methyl sites for hydroxylation is 2. The van der Waals surface area contributed by atoms with Crippen molar-refractivity contribution >= 4 is 6.09 Å². The van der Waals surface area contributed by atoms with Crippen LogP contribution < -0.4 is 9.47 Å². The van der Waals surface area contributed by atoms with Crippen LogP contribution in [0.15, 0.2) is 12.1 Å². The van der Waals surface area contributed by atoms with Gasteiger partial charge in [-0.3, -0.25) is 0 Å². The van der Waals surface area contributed by atoms with Gasteiger partial charge in [-0.15, -0.1) is 0 Å². The van der Waals surface area contributed by atoms with Crippen molar-refractivity contribution in [3.05, 3.63) is 28.7 Å². The van der Waals surface area contributed by atoms with Gasteiger partial charge in [0.25, 0.3) is 0 Å². The zero-order chi connectivity index (χ0) is 11.6. The minimum absolute atomic E-state index is 0.385. The van der Waals surface area contributed by atoms with Gasteiger partial charge in [-0.25, -0.2) is 4.79 Å². The molecule has 0 unspecified atom stereocenters. The Hall–Kier alpha value is -1.78. The van der Waals surface area contributed by atoms with Gasteiger partial charge >= 0.3 is 6.09 Å². The highest BCUT2D eigenvalue weighted by Gasteiger charge is 2.11. The molecule has 0 N–H and O–H groups in total. The van der Waals surface area contributed by atoms with Gasteiger partial charge in [-0.05, 0) is 0 Å². The molecule has 5 heteroatoms. The predicted octanol–water partition coefficient (Wildman–Crippen LogP) is 0.997. The highest BCUT2D eigenvalue weighted by atomic mass is 16.6. The Morgan fingerprint density at radius 3 is 2.20 bits per heavy atom. The summed E-state index contributed by atoms with van der Waals surface area (Å²) in [7, 11) is 3.19. The van der Waals surface area contributed by atoms with E-state index in [0.29, 0.717) is 17.1 Å². The van der Waals surface area contributed by atoms with E-state index in [9.17, 15) is 10.0 Å². The number of nitrogens with zero attached hydrogens (tertiary/aromatic N) is 2. The molecule has 1 aromatic rings. The van der Waals surface area contributed by atoms with E-state index in [1.54, 1.807) is 27.9 Å². The quantitative estimate of drug-likeness (QED) is 0.513. The van der Waals surface area contributed by atoms with Crippen molar-refractivity contribution in [2.45, 2.75) is 13.8 Å². The zero-order valence-corrected chi connectivity index (χ0v) is 9.27. The van der Waals surface area contributed by atoms with Gasteiger partial charge in [-0.2, -0.15) is 4.73 Å². The molecule has 1 heterocycles. The van der Waals surface area contributed by atoms with E-state index in [1.165, 1.54) is 17.0 Å².